The maximum atomic E-state index is 11.1. The van der Waals surface area contributed by atoms with E-state index >= 15 is 0 Å². The number of aromatic carboxylic acids is 1. The van der Waals surface area contributed by atoms with E-state index in [9.17, 15) is 4.79 Å². The zero-order valence-electron chi connectivity index (χ0n) is 9.64. The average molecular weight is 253 g/mol. The van der Waals surface area contributed by atoms with Crippen LogP contribution in [0.1, 0.15) is 42.4 Å². The molecule has 2 heterocycles. The molecule has 0 aliphatic heterocycles. The van der Waals surface area contributed by atoms with Crippen molar-refractivity contribution in [2.75, 3.05) is 0 Å². The largest absolute Gasteiger partial charge is 0.477 e. The molecule has 0 fully saturated rings. The molecule has 1 N–H and O–H groups in total. The summed E-state index contributed by atoms with van der Waals surface area (Å²) in [6.45, 7) is 4.13. The van der Waals surface area contributed by atoms with Crippen molar-refractivity contribution >= 4 is 23.1 Å². The van der Waals surface area contributed by atoms with E-state index in [-0.39, 0.29) is 11.6 Å². The van der Waals surface area contributed by atoms with E-state index in [0.717, 1.165) is 17.6 Å². The fourth-order valence-corrected chi connectivity index (χ4v) is 2.02. The number of carbonyl (C=O) groups is 1. The molecule has 0 bridgehead atoms. The van der Waals surface area contributed by atoms with Crippen LogP contribution >= 0.6 is 11.6 Å². The molecular formula is C12H13ClN2O2. The van der Waals surface area contributed by atoms with Gasteiger partial charge >= 0.3 is 5.97 Å². The minimum Gasteiger partial charge on any atom is -0.477 e. The highest BCUT2D eigenvalue weighted by atomic mass is 35.5. The van der Waals surface area contributed by atoms with Crippen molar-refractivity contribution in [3.63, 3.8) is 0 Å². The lowest BCUT2D eigenvalue weighted by molar-refractivity contribution is 0.0689. The van der Waals surface area contributed by atoms with E-state index in [4.69, 9.17) is 16.7 Å². The van der Waals surface area contributed by atoms with Crippen LogP contribution in [0.25, 0.3) is 5.52 Å². The first-order chi connectivity index (χ1) is 8.04. The molecule has 5 heteroatoms. The number of carboxylic acid groups (broad SMARTS) is 1. The number of hydrogen-bond donors (Lipinski definition) is 1. The van der Waals surface area contributed by atoms with E-state index in [1.807, 2.05) is 0 Å². The maximum Gasteiger partial charge on any atom is 0.352 e. The number of halogens is 1. The Morgan fingerprint density at radius 1 is 1.59 bits per heavy atom. The first-order valence-electron chi connectivity index (χ1n) is 5.44. The molecule has 0 unspecified atom stereocenters. The fraction of sp³-hybridized carbons (Fsp3) is 0.333. The number of pyridine rings is 1. The fourth-order valence-electron chi connectivity index (χ4n) is 1.82. The molecule has 90 valence electrons. The Kier molecular flexibility index (Phi) is 3.07. The molecule has 0 radical (unpaired) electrons. The van der Waals surface area contributed by atoms with Gasteiger partial charge in [0.15, 0.2) is 0 Å². The molecule has 2 aromatic rings. The summed E-state index contributed by atoms with van der Waals surface area (Å²) in [6.07, 6.45) is 2.48. The van der Waals surface area contributed by atoms with Crippen molar-refractivity contribution < 1.29 is 9.90 Å². The van der Waals surface area contributed by atoms with E-state index in [2.05, 4.69) is 18.8 Å². The van der Waals surface area contributed by atoms with Crippen LogP contribution in [0.4, 0.5) is 0 Å². The number of hydrogen-bond acceptors (Lipinski definition) is 2. The topological polar surface area (TPSA) is 54.6 Å². The number of fused-ring (bicyclic) bond motifs is 1. The van der Waals surface area contributed by atoms with Gasteiger partial charge in [0, 0.05) is 10.9 Å². The van der Waals surface area contributed by atoms with Crippen LogP contribution in [0, 0.1) is 0 Å². The van der Waals surface area contributed by atoms with Crippen molar-refractivity contribution in [3.05, 3.63) is 34.9 Å². The van der Waals surface area contributed by atoms with Crippen molar-refractivity contribution in [1.29, 1.82) is 0 Å². The molecule has 0 spiro atoms. The van der Waals surface area contributed by atoms with Gasteiger partial charge in [0.05, 0.1) is 11.2 Å². The number of nitrogens with zero attached hydrogens (tertiary/aromatic N) is 2. The first kappa shape index (κ1) is 11.9. The van der Waals surface area contributed by atoms with E-state index in [1.165, 1.54) is 12.4 Å². The van der Waals surface area contributed by atoms with Gasteiger partial charge in [-0.2, -0.15) is 0 Å². The molecule has 0 aromatic carbocycles. The molecule has 2 aromatic heterocycles. The van der Waals surface area contributed by atoms with Gasteiger partial charge in [0.2, 0.25) is 0 Å². The third kappa shape index (κ3) is 2.00. The quantitative estimate of drug-likeness (QED) is 0.913. The Labute approximate surface area is 104 Å². The van der Waals surface area contributed by atoms with Crippen molar-refractivity contribution in [1.82, 2.24) is 9.38 Å². The van der Waals surface area contributed by atoms with Crippen LogP contribution in [0.3, 0.4) is 0 Å². The Morgan fingerprint density at radius 2 is 2.29 bits per heavy atom. The van der Waals surface area contributed by atoms with Crippen LogP contribution in [0.15, 0.2) is 18.5 Å². The summed E-state index contributed by atoms with van der Waals surface area (Å²) >= 11 is 5.94. The number of aromatic nitrogens is 2. The Hall–Kier alpha value is -1.55. The summed E-state index contributed by atoms with van der Waals surface area (Å²) in [4.78, 5) is 15.4. The molecule has 0 aliphatic rings. The van der Waals surface area contributed by atoms with Crippen LogP contribution in [0.2, 0.25) is 5.02 Å². The molecular weight excluding hydrogens is 240 g/mol. The van der Waals surface area contributed by atoms with Gasteiger partial charge in [0.1, 0.15) is 12.0 Å². The van der Waals surface area contributed by atoms with Gasteiger partial charge < -0.3 is 5.11 Å². The normalized spacial score (nSPS) is 12.9. The molecule has 4 nitrogen and oxygen atoms in total. The van der Waals surface area contributed by atoms with Gasteiger partial charge in [-0.1, -0.05) is 25.4 Å². The Balaban J connectivity index is 2.73. The van der Waals surface area contributed by atoms with E-state index in [1.54, 1.807) is 10.5 Å². The van der Waals surface area contributed by atoms with Crippen LogP contribution in [0.5, 0.6) is 0 Å². The van der Waals surface area contributed by atoms with Crippen molar-refractivity contribution in [2.24, 2.45) is 0 Å². The zero-order valence-corrected chi connectivity index (χ0v) is 10.4. The van der Waals surface area contributed by atoms with Gasteiger partial charge in [-0.3, -0.25) is 4.40 Å². The standard InChI is InChI=1S/C12H13ClN2O2/c1-3-7(2)11-9-4-8(13)5-10(12(16)17)15(9)6-14-11/h4-7H,3H2,1-2H3,(H,16,17)/t7-/m1/s1. The smallest absolute Gasteiger partial charge is 0.352 e. The third-order valence-corrected chi connectivity index (χ3v) is 3.16. The van der Waals surface area contributed by atoms with Gasteiger partial charge in [-0.25, -0.2) is 9.78 Å². The molecule has 2 rings (SSSR count). The lowest BCUT2D eigenvalue weighted by Gasteiger charge is -2.07. The molecule has 0 aliphatic carbocycles. The molecule has 0 saturated heterocycles. The Bertz CT molecular complexity index is 577. The maximum absolute atomic E-state index is 11.1. The lowest BCUT2D eigenvalue weighted by atomic mass is 10.0. The summed E-state index contributed by atoms with van der Waals surface area (Å²) in [5.41, 5.74) is 1.79. The second-order valence-electron chi connectivity index (χ2n) is 4.06. The molecule has 17 heavy (non-hydrogen) atoms. The summed E-state index contributed by atoms with van der Waals surface area (Å²) in [6, 6.07) is 3.18. The van der Waals surface area contributed by atoms with Crippen molar-refractivity contribution in [3.8, 4) is 0 Å². The van der Waals surface area contributed by atoms with Gasteiger partial charge in [-0.05, 0) is 18.6 Å². The van der Waals surface area contributed by atoms with Crippen molar-refractivity contribution in [2.45, 2.75) is 26.2 Å². The second kappa shape index (κ2) is 4.37. The van der Waals surface area contributed by atoms with Gasteiger partial charge in [-0.15, -0.1) is 0 Å². The highest BCUT2D eigenvalue weighted by Crippen LogP contribution is 2.25. The number of carboxylic acids is 1. The lowest BCUT2D eigenvalue weighted by Crippen LogP contribution is -2.04. The second-order valence-corrected chi connectivity index (χ2v) is 4.49. The summed E-state index contributed by atoms with van der Waals surface area (Å²) in [7, 11) is 0. The minimum atomic E-state index is -1.01. The van der Waals surface area contributed by atoms with Crippen LogP contribution in [-0.2, 0) is 0 Å². The first-order valence-corrected chi connectivity index (χ1v) is 5.82. The summed E-state index contributed by atoms with van der Waals surface area (Å²) in [5.74, 6) is -0.731. The van der Waals surface area contributed by atoms with Crippen LogP contribution in [-0.4, -0.2) is 20.5 Å². The predicted molar refractivity (Wildman–Crippen MR) is 65.9 cm³/mol. The summed E-state index contributed by atoms with van der Waals surface area (Å²) < 4.78 is 1.57. The highest BCUT2D eigenvalue weighted by Gasteiger charge is 2.16. The van der Waals surface area contributed by atoms with E-state index < -0.39 is 5.97 Å². The SMILES string of the molecule is CC[C@@H](C)c1ncn2c(C(=O)O)cc(Cl)cc12. The number of rotatable bonds is 3. The van der Waals surface area contributed by atoms with E-state index in [0.29, 0.717) is 5.02 Å². The van der Waals surface area contributed by atoms with Crippen LogP contribution < -0.4 is 0 Å². The number of imidazole rings is 1. The monoisotopic (exact) mass is 252 g/mol. The third-order valence-electron chi connectivity index (χ3n) is 2.94. The minimum absolute atomic E-state index is 0.134. The Morgan fingerprint density at radius 3 is 2.88 bits per heavy atom. The average Bonchev–Trinajstić information content (AvgIpc) is 2.70. The molecule has 1 atom stereocenters. The highest BCUT2D eigenvalue weighted by molar-refractivity contribution is 6.31. The van der Waals surface area contributed by atoms with Gasteiger partial charge in [0.25, 0.3) is 0 Å². The zero-order chi connectivity index (χ0) is 12.6. The predicted octanol–water partition coefficient (Wildman–Crippen LogP) is 3.20. The molecule has 0 amide bonds. The summed E-state index contributed by atoms with van der Waals surface area (Å²) in [5, 5.41) is 9.52. The molecule has 0 saturated carbocycles.